The highest BCUT2D eigenvalue weighted by molar-refractivity contribution is 5.76. The lowest BCUT2D eigenvalue weighted by atomic mass is 10.2. The van der Waals surface area contributed by atoms with E-state index in [0.717, 1.165) is 19.6 Å². The zero-order valence-electron chi connectivity index (χ0n) is 10.1. The Morgan fingerprint density at radius 1 is 1.59 bits per heavy atom. The molecule has 1 atom stereocenters. The predicted octanol–water partition coefficient (Wildman–Crippen LogP) is 1.17. The Bertz CT molecular complexity index is 424. The van der Waals surface area contributed by atoms with Crippen molar-refractivity contribution in [3.05, 3.63) is 18.2 Å². The van der Waals surface area contributed by atoms with Gasteiger partial charge < -0.3 is 14.8 Å². The fraction of sp³-hybridized carbons (Fsp3) is 0.667. The zero-order valence-corrected chi connectivity index (χ0v) is 10.1. The maximum atomic E-state index is 11.6. The van der Waals surface area contributed by atoms with Gasteiger partial charge in [-0.05, 0) is 19.8 Å². The van der Waals surface area contributed by atoms with E-state index in [-0.39, 0.29) is 12.1 Å². The molecular weight excluding hydrogens is 216 g/mol. The van der Waals surface area contributed by atoms with Crippen LogP contribution in [0.25, 0.3) is 0 Å². The first kappa shape index (κ1) is 10.6. The second kappa shape index (κ2) is 4.05. The minimum atomic E-state index is 0.0607. The molecule has 0 bridgehead atoms. The van der Waals surface area contributed by atoms with Crippen LogP contribution < -0.4 is 5.32 Å². The SMILES string of the molecule is CC(Cn1cncc1C1CC1)N1CCNC1=O. The van der Waals surface area contributed by atoms with E-state index >= 15 is 0 Å². The molecule has 1 saturated carbocycles. The van der Waals surface area contributed by atoms with Crippen LogP contribution >= 0.6 is 0 Å². The van der Waals surface area contributed by atoms with Crippen LogP contribution in [0.15, 0.2) is 12.5 Å². The number of hydrogen-bond donors (Lipinski definition) is 1. The molecule has 2 amide bonds. The molecule has 2 heterocycles. The van der Waals surface area contributed by atoms with Gasteiger partial charge >= 0.3 is 6.03 Å². The first-order chi connectivity index (χ1) is 8.25. The Hall–Kier alpha value is -1.52. The van der Waals surface area contributed by atoms with E-state index in [2.05, 4.69) is 21.8 Å². The van der Waals surface area contributed by atoms with Gasteiger partial charge in [0.2, 0.25) is 0 Å². The topological polar surface area (TPSA) is 50.2 Å². The summed E-state index contributed by atoms with van der Waals surface area (Å²) >= 11 is 0. The number of nitrogens with zero attached hydrogens (tertiary/aromatic N) is 3. The van der Waals surface area contributed by atoms with Gasteiger partial charge in [0.1, 0.15) is 0 Å². The highest BCUT2D eigenvalue weighted by Crippen LogP contribution is 2.39. The molecule has 5 nitrogen and oxygen atoms in total. The average Bonchev–Trinajstić information content (AvgIpc) is 2.89. The first-order valence-electron chi connectivity index (χ1n) is 6.30. The van der Waals surface area contributed by atoms with Crippen molar-refractivity contribution in [1.29, 1.82) is 0 Å². The van der Waals surface area contributed by atoms with Gasteiger partial charge in [0.05, 0.1) is 6.33 Å². The predicted molar refractivity (Wildman–Crippen MR) is 63.8 cm³/mol. The lowest BCUT2D eigenvalue weighted by Crippen LogP contribution is -2.38. The van der Waals surface area contributed by atoms with E-state index in [1.165, 1.54) is 18.5 Å². The molecule has 0 radical (unpaired) electrons. The molecule has 0 spiro atoms. The Balaban J connectivity index is 1.69. The molecule has 0 aromatic carbocycles. The van der Waals surface area contributed by atoms with Crippen molar-refractivity contribution in [2.45, 2.75) is 38.3 Å². The van der Waals surface area contributed by atoms with Crippen LogP contribution in [0, 0.1) is 0 Å². The van der Waals surface area contributed by atoms with Gasteiger partial charge in [-0.25, -0.2) is 9.78 Å². The third-order valence-corrected chi connectivity index (χ3v) is 3.62. The lowest BCUT2D eigenvalue weighted by Gasteiger charge is -2.24. The Labute approximate surface area is 101 Å². The van der Waals surface area contributed by atoms with Gasteiger partial charge in [-0.15, -0.1) is 0 Å². The fourth-order valence-corrected chi connectivity index (χ4v) is 2.49. The summed E-state index contributed by atoms with van der Waals surface area (Å²) in [4.78, 5) is 17.7. The maximum absolute atomic E-state index is 11.6. The minimum absolute atomic E-state index is 0.0607. The monoisotopic (exact) mass is 234 g/mol. The summed E-state index contributed by atoms with van der Waals surface area (Å²) in [6.07, 6.45) is 6.42. The molecule has 92 valence electrons. The molecule has 2 fully saturated rings. The largest absolute Gasteiger partial charge is 0.336 e. The van der Waals surface area contributed by atoms with Gasteiger partial charge in [-0.1, -0.05) is 0 Å². The van der Waals surface area contributed by atoms with E-state index in [9.17, 15) is 4.79 Å². The smallest absolute Gasteiger partial charge is 0.317 e. The van der Waals surface area contributed by atoms with Crippen molar-refractivity contribution in [3.8, 4) is 0 Å². The number of rotatable bonds is 4. The second-order valence-corrected chi connectivity index (χ2v) is 5.02. The van der Waals surface area contributed by atoms with Crippen molar-refractivity contribution in [3.63, 3.8) is 0 Å². The molecule has 3 rings (SSSR count). The van der Waals surface area contributed by atoms with Crippen LogP contribution in [0.1, 0.15) is 31.4 Å². The van der Waals surface area contributed by atoms with Crippen LogP contribution in [0.4, 0.5) is 4.79 Å². The summed E-state index contributed by atoms with van der Waals surface area (Å²) in [7, 11) is 0. The molecule has 17 heavy (non-hydrogen) atoms. The molecule has 5 heteroatoms. The average molecular weight is 234 g/mol. The first-order valence-corrected chi connectivity index (χ1v) is 6.30. The number of aromatic nitrogens is 2. The van der Waals surface area contributed by atoms with E-state index in [0.29, 0.717) is 5.92 Å². The van der Waals surface area contributed by atoms with Crippen LogP contribution in [-0.2, 0) is 6.54 Å². The van der Waals surface area contributed by atoms with Crippen molar-refractivity contribution >= 4 is 6.03 Å². The third kappa shape index (κ3) is 2.01. The Morgan fingerprint density at radius 3 is 3.06 bits per heavy atom. The molecule has 1 aromatic rings. The number of amides is 2. The quantitative estimate of drug-likeness (QED) is 0.850. The molecule has 1 aliphatic carbocycles. The van der Waals surface area contributed by atoms with E-state index in [4.69, 9.17) is 0 Å². The fourth-order valence-electron chi connectivity index (χ4n) is 2.49. The normalized spacial score (nSPS) is 21.7. The molecule has 2 aliphatic rings. The van der Waals surface area contributed by atoms with Gasteiger partial charge in [0.25, 0.3) is 0 Å². The standard InChI is InChI=1S/C12H18N4O/c1-9(16-5-4-14-12(16)17)7-15-8-13-6-11(15)10-2-3-10/h6,8-10H,2-5,7H2,1H3,(H,14,17). The van der Waals surface area contributed by atoms with E-state index in [1.54, 1.807) is 0 Å². The van der Waals surface area contributed by atoms with Gasteiger partial charge in [-0.3, -0.25) is 0 Å². The number of carbonyl (C=O) groups is 1. The minimum Gasteiger partial charge on any atom is -0.336 e. The molecule has 1 aliphatic heterocycles. The van der Waals surface area contributed by atoms with Crippen molar-refractivity contribution in [2.24, 2.45) is 0 Å². The van der Waals surface area contributed by atoms with Crippen LogP contribution in [-0.4, -0.2) is 39.6 Å². The number of carbonyl (C=O) groups excluding carboxylic acids is 1. The van der Waals surface area contributed by atoms with E-state index < -0.39 is 0 Å². The lowest BCUT2D eigenvalue weighted by molar-refractivity contribution is 0.196. The van der Waals surface area contributed by atoms with Crippen molar-refractivity contribution < 1.29 is 4.79 Å². The second-order valence-electron chi connectivity index (χ2n) is 5.02. The van der Waals surface area contributed by atoms with E-state index in [1.807, 2.05) is 17.4 Å². The third-order valence-electron chi connectivity index (χ3n) is 3.62. The van der Waals surface area contributed by atoms with Gasteiger partial charge in [-0.2, -0.15) is 0 Å². The summed E-state index contributed by atoms with van der Waals surface area (Å²) in [6.45, 7) is 4.52. The number of hydrogen-bond acceptors (Lipinski definition) is 2. The van der Waals surface area contributed by atoms with Gasteiger partial charge in [0.15, 0.2) is 0 Å². The Morgan fingerprint density at radius 2 is 2.41 bits per heavy atom. The number of nitrogens with one attached hydrogen (secondary N) is 1. The maximum Gasteiger partial charge on any atom is 0.317 e. The zero-order chi connectivity index (χ0) is 11.8. The number of urea groups is 1. The highest BCUT2D eigenvalue weighted by atomic mass is 16.2. The van der Waals surface area contributed by atoms with Crippen LogP contribution in [0.5, 0.6) is 0 Å². The van der Waals surface area contributed by atoms with Crippen molar-refractivity contribution in [1.82, 2.24) is 19.8 Å². The summed E-state index contributed by atoms with van der Waals surface area (Å²) in [5, 5.41) is 2.84. The summed E-state index contributed by atoms with van der Waals surface area (Å²) in [5.74, 6) is 0.706. The molecule has 1 aromatic heterocycles. The molecule has 1 unspecified atom stereocenters. The van der Waals surface area contributed by atoms with Crippen LogP contribution in [0.2, 0.25) is 0 Å². The molecule has 1 saturated heterocycles. The highest BCUT2D eigenvalue weighted by Gasteiger charge is 2.29. The molecule has 1 N–H and O–H groups in total. The summed E-state index contributed by atoms with van der Waals surface area (Å²) in [6, 6.07) is 0.287. The van der Waals surface area contributed by atoms with Gasteiger partial charge in [0, 0.05) is 43.5 Å². The molecular formula is C12H18N4O. The summed E-state index contributed by atoms with van der Waals surface area (Å²) < 4.78 is 2.20. The number of imidazole rings is 1. The van der Waals surface area contributed by atoms with Crippen LogP contribution in [0.3, 0.4) is 0 Å². The Kier molecular flexibility index (Phi) is 2.53. The summed E-state index contributed by atoms with van der Waals surface area (Å²) in [5.41, 5.74) is 1.33. The van der Waals surface area contributed by atoms with Crippen molar-refractivity contribution in [2.75, 3.05) is 13.1 Å².